The summed E-state index contributed by atoms with van der Waals surface area (Å²) in [7, 11) is 8.02. The number of methoxy groups -OCH3 is 1. The van der Waals surface area contributed by atoms with Crippen molar-refractivity contribution in [3.05, 3.63) is 53.6 Å². The highest BCUT2D eigenvalue weighted by atomic mass is 32.2. The number of aliphatic hydroxyl groups is 1. The van der Waals surface area contributed by atoms with Crippen molar-refractivity contribution in [1.29, 1.82) is 0 Å². The first-order chi connectivity index (χ1) is 15.4. The zero-order valence-electron chi connectivity index (χ0n) is 20.6. The number of rotatable bonds is 9. The van der Waals surface area contributed by atoms with Crippen LogP contribution in [0, 0.1) is 0 Å². The maximum Gasteiger partial charge on any atom is 0.118 e. The second-order valence-electron chi connectivity index (χ2n) is 9.21. The van der Waals surface area contributed by atoms with Crippen LogP contribution in [0.5, 0.6) is 5.75 Å². The highest BCUT2D eigenvalue weighted by molar-refractivity contribution is 7.97. The third-order valence-corrected chi connectivity index (χ3v) is 8.18. The molecule has 0 spiro atoms. The molecule has 1 N–H and O–H groups in total. The molecule has 3 rings (SSSR count). The molecule has 1 heterocycles. The van der Waals surface area contributed by atoms with E-state index in [-0.39, 0.29) is 11.5 Å². The zero-order valence-corrected chi connectivity index (χ0v) is 21.4. The van der Waals surface area contributed by atoms with Gasteiger partial charge in [-0.2, -0.15) is 0 Å². The van der Waals surface area contributed by atoms with Gasteiger partial charge in [-0.15, -0.1) is 0 Å². The van der Waals surface area contributed by atoms with Crippen LogP contribution in [0.4, 0.5) is 5.69 Å². The lowest BCUT2D eigenvalue weighted by Crippen LogP contribution is -2.54. The smallest absolute Gasteiger partial charge is 0.118 e. The summed E-state index contributed by atoms with van der Waals surface area (Å²) in [6, 6.07) is 15.0. The van der Waals surface area contributed by atoms with Crippen molar-refractivity contribution in [2.45, 2.75) is 74.8 Å². The molecule has 0 fully saturated rings. The van der Waals surface area contributed by atoms with Crippen LogP contribution in [0.2, 0.25) is 0 Å². The molecule has 0 saturated heterocycles. The topological polar surface area (TPSA) is 35.9 Å². The highest BCUT2D eigenvalue weighted by Crippen LogP contribution is 2.50. The first-order valence-electron chi connectivity index (χ1n) is 11.9. The van der Waals surface area contributed by atoms with Gasteiger partial charge in [0.05, 0.1) is 18.8 Å². The van der Waals surface area contributed by atoms with Crippen molar-refractivity contribution >= 4 is 17.6 Å². The molecule has 0 bridgehead atoms. The Balaban J connectivity index is 2.20. The SMILES string of the molecule is CCCCC1(CCCC)C(O)C(c2ccc(OC)cc2)c2cc(N(C)C)ccc2SN1C. The molecule has 0 aliphatic carbocycles. The summed E-state index contributed by atoms with van der Waals surface area (Å²) in [5.74, 6) is 0.746. The first-order valence-corrected chi connectivity index (χ1v) is 12.7. The molecule has 0 radical (unpaired) electrons. The van der Waals surface area contributed by atoms with E-state index in [0.717, 1.165) is 55.5 Å². The summed E-state index contributed by atoms with van der Waals surface area (Å²) in [6.07, 6.45) is 5.96. The van der Waals surface area contributed by atoms with Gasteiger partial charge in [0.1, 0.15) is 5.75 Å². The molecule has 2 unspecified atom stereocenters. The van der Waals surface area contributed by atoms with Crippen molar-refractivity contribution in [3.63, 3.8) is 0 Å². The minimum atomic E-state index is -0.509. The number of aliphatic hydroxyl groups excluding tert-OH is 1. The third-order valence-electron chi connectivity index (χ3n) is 6.97. The summed E-state index contributed by atoms with van der Waals surface area (Å²) in [5.41, 5.74) is 3.23. The summed E-state index contributed by atoms with van der Waals surface area (Å²) >= 11 is 1.80. The largest absolute Gasteiger partial charge is 0.497 e. The van der Waals surface area contributed by atoms with Crippen LogP contribution in [0.15, 0.2) is 47.4 Å². The van der Waals surface area contributed by atoms with Crippen molar-refractivity contribution in [1.82, 2.24) is 4.31 Å². The Bertz CT molecular complexity index is 860. The van der Waals surface area contributed by atoms with Gasteiger partial charge in [0.25, 0.3) is 0 Å². The Hall–Kier alpha value is -1.69. The number of ether oxygens (including phenoxy) is 1. The van der Waals surface area contributed by atoms with E-state index in [1.54, 1.807) is 19.1 Å². The van der Waals surface area contributed by atoms with E-state index in [1.807, 2.05) is 12.1 Å². The number of hydrogen-bond acceptors (Lipinski definition) is 5. The molecule has 32 heavy (non-hydrogen) atoms. The van der Waals surface area contributed by atoms with Crippen molar-refractivity contribution in [2.24, 2.45) is 0 Å². The van der Waals surface area contributed by atoms with Crippen LogP contribution in [-0.4, -0.2) is 49.3 Å². The van der Waals surface area contributed by atoms with E-state index in [9.17, 15) is 5.11 Å². The molecule has 0 aromatic heterocycles. The van der Waals surface area contributed by atoms with Crippen LogP contribution < -0.4 is 9.64 Å². The average molecular weight is 457 g/mol. The fourth-order valence-corrected chi connectivity index (χ4v) is 6.11. The lowest BCUT2D eigenvalue weighted by Gasteiger charge is -2.45. The van der Waals surface area contributed by atoms with E-state index in [0.29, 0.717) is 0 Å². The lowest BCUT2D eigenvalue weighted by atomic mass is 9.72. The van der Waals surface area contributed by atoms with Crippen molar-refractivity contribution in [2.75, 3.05) is 33.2 Å². The standard InChI is InChI=1S/C27H40N2O2S/c1-7-9-17-27(18-10-8-2)26(30)25(20-11-14-22(31-6)15-12-20)23-19-21(28(3)4)13-16-24(23)32-29(27)5/h11-16,19,25-26,30H,7-10,17-18H2,1-6H3. The lowest BCUT2D eigenvalue weighted by molar-refractivity contribution is 0.000481. The highest BCUT2D eigenvalue weighted by Gasteiger charge is 2.48. The molecule has 2 atom stereocenters. The summed E-state index contributed by atoms with van der Waals surface area (Å²) in [5, 5.41) is 12.2. The van der Waals surface area contributed by atoms with Crippen LogP contribution in [0.25, 0.3) is 0 Å². The van der Waals surface area contributed by atoms with E-state index in [4.69, 9.17) is 4.74 Å². The molecular weight excluding hydrogens is 416 g/mol. The Morgan fingerprint density at radius 2 is 1.66 bits per heavy atom. The Morgan fingerprint density at radius 1 is 1.03 bits per heavy atom. The second-order valence-corrected chi connectivity index (χ2v) is 10.4. The van der Waals surface area contributed by atoms with Gasteiger partial charge in [-0.05, 0) is 73.3 Å². The molecule has 176 valence electrons. The van der Waals surface area contributed by atoms with E-state index >= 15 is 0 Å². The molecular formula is C27H40N2O2S. The molecule has 1 aliphatic rings. The van der Waals surface area contributed by atoms with E-state index in [2.05, 4.69) is 74.5 Å². The van der Waals surface area contributed by atoms with Gasteiger partial charge in [0.15, 0.2) is 0 Å². The number of likely N-dealkylation sites (N-methyl/N-ethyl adjacent to an activating group) is 1. The minimum Gasteiger partial charge on any atom is -0.497 e. The van der Waals surface area contributed by atoms with Gasteiger partial charge in [-0.1, -0.05) is 51.7 Å². The fourth-order valence-electron chi connectivity index (χ4n) is 4.92. The van der Waals surface area contributed by atoms with Gasteiger partial charge < -0.3 is 14.7 Å². The zero-order chi connectivity index (χ0) is 23.3. The fraction of sp³-hybridized carbons (Fsp3) is 0.556. The Morgan fingerprint density at radius 3 is 2.19 bits per heavy atom. The van der Waals surface area contributed by atoms with Crippen LogP contribution in [-0.2, 0) is 0 Å². The molecule has 0 amide bonds. The summed E-state index contributed by atoms with van der Waals surface area (Å²) < 4.78 is 7.79. The number of nitrogens with zero attached hydrogens (tertiary/aromatic N) is 2. The van der Waals surface area contributed by atoms with Gasteiger partial charge in [0, 0.05) is 30.6 Å². The minimum absolute atomic E-state index is 0.0954. The molecule has 1 aliphatic heterocycles. The Kier molecular flexibility index (Phi) is 8.54. The van der Waals surface area contributed by atoms with E-state index < -0.39 is 6.10 Å². The van der Waals surface area contributed by atoms with Gasteiger partial charge in [-0.25, -0.2) is 4.31 Å². The predicted octanol–water partition coefficient (Wildman–Crippen LogP) is 6.33. The van der Waals surface area contributed by atoms with Crippen LogP contribution >= 0.6 is 11.9 Å². The maximum absolute atomic E-state index is 12.2. The summed E-state index contributed by atoms with van der Waals surface area (Å²) in [6.45, 7) is 4.48. The molecule has 2 aromatic rings. The van der Waals surface area contributed by atoms with Gasteiger partial charge in [-0.3, -0.25) is 0 Å². The summed E-state index contributed by atoms with van der Waals surface area (Å²) in [4.78, 5) is 3.37. The number of benzene rings is 2. The van der Waals surface area contributed by atoms with Crippen molar-refractivity contribution in [3.8, 4) is 5.75 Å². The van der Waals surface area contributed by atoms with Crippen molar-refractivity contribution < 1.29 is 9.84 Å². The third kappa shape index (κ3) is 4.95. The normalized spacial score (nSPS) is 20.5. The maximum atomic E-state index is 12.2. The van der Waals surface area contributed by atoms with Crippen LogP contribution in [0.3, 0.4) is 0 Å². The monoisotopic (exact) mass is 456 g/mol. The second kappa shape index (κ2) is 11.0. The van der Waals surface area contributed by atoms with E-state index in [1.165, 1.54) is 10.5 Å². The average Bonchev–Trinajstić information content (AvgIpc) is 2.88. The van der Waals surface area contributed by atoms with Crippen LogP contribution in [0.1, 0.15) is 69.4 Å². The predicted molar refractivity (Wildman–Crippen MR) is 137 cm³/mol. The first kappa shape index (κ1) is 24.9. The molecule has 5 heteroatoms. The number of hydrogen-bond donors (Lipinski definition) is 1. The Labute approximate surface area is 199 Å². The van der Waals surface area contributed by atoms with Gasteiger partial charge >= 0.3 is 0 Å². The number of unbranched alkanes of at least 4 members (excludes halogenated alkanes) is 2. The molecule has 2 aromatic carbocycles. The number of anilines is 1. The molecule has 4 nitrogen and oxygen atoms in total. The molecule has 0 saturated carbocycles. The van der Waals surface area contributed by atoms with Gasteiger partial charge in [0.2, 0.25) is 0 Å². The quantitative estimate of drug-likeness (QED) is 0.446. The number of fused-ring (bicyclic) bond motifs is 1.